The van der Waals surface area contributed by atoms with Crippen molar-refractivity contribution in [3.05, 3.63) is 42.0 Å². The zero-order valence-corrected chi connectivity index (χ0v) is 12.4. The highest BCUT2D eigenvalue weighted by Crippen LogP contribution is 2.11. The van der Waals surface area contributed by atoms with Gasteiger partial charge in [0.05, 0.1) is 31.8 Å². The SMILES string of the molecule is CC(C)OCC(N)c1noc(CCOc2ccccc2)n1. The number of nitrogens with zero attached hydrogens (tertiary/aromatic N) is 2. The first-order chi connectivity index (χ1) is 10.1. The molecule has 114 valence electrons. The van der Waals surface area contributed by atoms with Crippen molar-refractivity contribution in [3.8, 4) is 5.75 Å². The Hall–Kier alpha value is -1.92. The van der Waals surface area contributed by atoms with Crippen molar-refractivity contribution in [2.45, 2.75) is 32.4 Å². The lowest BCUT2D eigenvalue weighted by molar-refractivity contribution is 0.0665. The van der Waals surface area contributed by atoms with Crippen molar-refractivity contribution in [2.24, 2.45) is 5.73 Å². The molecule has 0 radical (unpaired) electrons. The van der Waals surface area contributed by atoms with Crippen LogP contribution in [0.3, 0.4) is 0 Å². The molecular weight excluding hydrogens is 270 g/mol. The third-order valence-electron chi connectivity index (χ3n) is 2.75. The van der Waals surface area contributed by atoms with Gasteiger partial charge in [-0.05, 0) is 26.0 Å². The number of benzene rings is 1. The number of rotatable bonds is 8. The van der Waals surface area contributed by atoms with Crippen LogP contribution in [0.4, 0.5) is 0 Å². The van der Waals surface area contributed by atoms with Gasteiger partial charge in [0.2, 0.25) is 5.89 Å². The van der Waals surface area contributed by atoms with Crippen LogP contribution >= 0.6 is 0 Å². The molecule has 0 fully saturated rings. The topological polar surface area (TPSA) is 83.4 Å². The summed E-state index contributed by atoms with van der Waals surface area (Å²) in [6.45, 7) is 4.76. The molecule has 0 saturated carbocycles. The van der Waals surface area contributed by atoms with E-state index in [1.165, 1.54) is 0 Å². The molecule has 6 nitrogen and oxygen atoms in total. The van der Waals surface area contributed by atoms with Crippen LogP contribution in [0.15, 0.2) is 34.9 Å². The molecule has 1 aromatic heterocycles. The van der Waals surface area contributed by atoms with Gasteiger partial charge in [0.25, 0.3) is 0 Å². The second-order valence-electron chi connectivity index (χ2n) is 4.95. The molecular formula is C15H21N3O3. The zero-order valence-electron chi connectivity index (χ0n) is 12.4. The highest BCUT2D eigenvalue weighted by atomic mass is 16.5. The van der Waals surface area contributed by atoms with Crippen LogP contribution in [0, 0.1) is 0 Å². The van der Waals surface area contributed by atoms with E-state index < -0.39 is 0 Å². The van der Waals surface area contributed by atoms with E-state index in [-0.39, 0.29) is 12.1 Å². The van der Waals surface area contributed by atoms with E-state index in [9.17, 15) is 0 Å². The lowest BCUT2D eigenvalue weighted by Gasteiger charge is -2.10. The van der Waals surface area contributed by atoms with Gasteiger partial charge in [-0.25, -0.2) is 0 Å². The fourth-order valence-corrected chi connectivity index (χ4v) is 1.66. The van der Waals surface area contributed by atoms with Gasteiger partial charge >= 0.3 is 0 Å². The van der Waals surface area contributed by atoms with Crippen molar-refractivity contribution < 1.29 is 14.0 Å². The number of hydrogen-bond acceptors (Lipinski definition) is 6. The smallest absolute Gasteiger partial charge is 0.230 e. The maximum atomic E-state index is 5.94. The van der Waals surface area contributed by atoms with E-state index in [1.54, 1.807) is 0 Å². The van der Waals surface area contributed by atoms with Crippen LogP contribution in [-0.2, 0) is 11.2 Å². The van der Waals surface area contributed by atoms with Gasteiger partial charge in [0, 0.05) is 0 Å². The van der Waals surface area contributed by atoms with Crippen LogP contribution in [0.2, 0.25) is 0 Å². The minimum Gasteiger partial charge on any atom is -0.493 e. The molecule has 1 heterocycles. The third-order valence-corrected chi connectivity index (χ3v) is 2.75. The van der Waals surface area contributed by atoms with Gasteiger partial charge in [-0.1, -0.05) is 23.4 Å². The highest BCUT2D eigenvalue weighted by Gasteiger charge is 2.15. The summed E-state index contributed by atoms with van der Waals surface area (Å²) in [5, 5.41) is 3.87. The standard InChI is InChI=1S/C15H21N3O3/c1-11(2)20-10-13(16)15-17-14(21-18-15)8-9-19-12-6-4-3-5-7-12/h3-7,11,13H,8-10,16H2,1-2H3. The van der Waals surface area contributed by atoms with Gasteiger partial charge in [0.1, 0.15) is 5.75 Å². The Balaban J connectivity index is 1.77. The molecule has 0 aliphatic rings. The first-order valence-corrected chi connectivity index (χ1v) is 7.02. The third kappa shape index (κ3) is 5.17. The molecule has 2 rings (SSSR count). The van der Waals surface area contributed by atoms with Crippen molar-refractivity contribution in [3.63, 3.8) is 0 Å². The number of hydrogen-bond donors (Lipinski definition) is 1. The van der Waals surface area contributed by atoms with E-state index in [0.29, 0.717) is 31.3 Å². The summed E-state index contributed by atoms with van der Waals surface area (Å²) in [5.74, 6) is 1.80. The molecule has 0 spiro atoms. The molecule has 1 aromatic carbocycles. The van der Waals surface area contributed by atoms with Crippen LogP contribution < -0.4 is 10.5 Å². The van der Waals surface area contributed by atoms with E-state index in [4.69, 9.17) is 19.7 Å². The molecule has 0 aliphatic heterocycles. The molecule has 1 unspecified atom stereocenters. The zero-order chi connectivity index (χ0) is 15.1. The molecule has 0 saturated heterocycles. The predicted octanol–water partition coefficient (Wildman–Crippen LogP) is 2.12. The quantitative estimate of drug-likeness (QED) is 0.802. The summed E-state index contributed by atoms with van der Waals surface area (Å²) in [5.41, 5.74) is 5.94. The summed E-state index contributed by atoms with van der Waals surface area (Å²) in [6, 6.07) is 9.22. The average molecular weight is 291 g/mol. The van der Waals surface area contributed by atoms with Gasteiger partial charge in [0.15, 0.2) is 5.82 Å². The molecule has 2 N–H and O–H groups in total. The van der Waals surface area contributed by atoms with Crippen molar-refractivity contribution in [1.29, 1.82) is 0 Å². The second-order valence-corrected chi connectivity index (χ2v) is 4.95. The molecule has 0 bridgehead atoms. The Morgan fingerprint density at radius 1 is 1.24 bits per heavy atom. The largest absolute Gasteiger partial charge is 0.493 e. The van der Waals surface area contributed by atoms with Gasteiger partial charge in [-0.3, -0.25) is 0 Å². The van der Waals surface area contributed by atoms with E-state index in [2.05, 4.69) is 10.1 Å². The van der Waals surface area contributed by atoms with Crippen LogP contribution in [-0.4, -0.2) is 29.5 Å². The first kappa shape index (κ1) is 15.5. The number of aromatic nitrogens is 2. The van der Waals surface area contributed by atoms with Crippen LogP contribution in [0.5, 0.6) is 5.75 Å². The maximum Gasteiger partial charge on any atom is 0.230 e. The van der Waals surface area contributed by atoms with E-state index in [1.807, 2.05) is 44.2 Å². The monoisotopic (exact) mass is 291 g/mol. The molecule has 21 heavy (non-hydrogen) atoms. The Morgan fingerprint density at radius 2 is 2.00 bits per heavy atom. The second kappa shape index (κ2) is 7.75. The minimum atomic E-state index is -0.375. The Labute approximate surface area is 124 Å². The van der Waals surface area contributed by atoms with Gasteiger partial charge in [-0.2, -0.15) is 4.98 Å². The first-order valence-electron chi connectivity index (χ1n) is 7.02. The number of ether oxygens (including phenoxy) is 2. The lowest BCUT2D eigenvalue weighted by atomic mass is 10.3. The number of nitrogens with two attached hydrogens (primary N) is 1. The summed E-state index contributed by atoms with van der Waals surface area (Å²) < 4.78 is 16.2. The summed E-state index contributed by atoms with van der Waals surface area (Å²) in [4.78, 5) is 4.26. The Kier molecular flexibility index (Phi) is 5.71. The fourth-order valence-electron chi connectivity index (χ4n) is 1.66. The summed E-state index contributed by atoms with van der Waals surface area (Å²) in [6.07, 6.45) is 0.668. The normalized spacial score (nSPS) is 12.6. The van der Waals surface area contributed by atoms with Gasteiger partial charge < -0.3 is 19.7 Å². The van der Waals surface area contributed by atoms with Crippen molar-refractivity contribution in [1.82, 2.24) is 10.1 Å². The Bertz CT molecular complexity index is 528. The minimum absolute atomic E-state index is 0.127. The number of para-hydroxylation sites is 1. The van der Waals surface area contributed by atoms with Gasteiger partial charge in [-0.15, -0.1) is 0 Å². The summed E-state index contributed by atoms with van der Waals surface area (Å²) >= 11 is 0. The average Bonchev–Trinajstić information content (AvgIpc) is 2.95. The fraction of sp³-hybridized carbons (Fsp3) is 0.467. The maximum absolute atomic E-state index is 5.94. The lowest BCUT2D eigenvalue weighted by Crippen LogP contribution is -2.20. The molecule has 6 heteroatoms. The predicted molar refractivity (Wildman–Crippen MR) is 78.0 cm³/mol. The highest BCUT2D eigenvalue weighted by molar-refractivity contribution is 5.20. The molecule has 1 atom stereocenters. The Morgan fingerprint density at radius 3 is 2.71 bits per heavy atom. The molecule has 0 aliphatic carbocycles. The van der Waals surface area contributed by atoms with Crippen molar-refractivity contribution in [2.75, 3.05) is 13.2 Å². The van der Waals surface area contributed by atoms with E-state index in [0.717, 1.165) is 5.75 Å². The van der Waals surface area contributed by atoms with Crippen molar-refractivity contribution >= 4 is 0 Å². The molecule has 2 aromatic rings. The van der Waals surface area contributed by atoms with Crippen LogP contribution in [0.25, 0.3) is 0 Å². The van der Waals surface area contributed by atoms with Crippen LogP contribution in [0.1, 0.15) is 31.6 Å². The summed E-state index contributed by atoms with van der Waals surface area (Å²) in [7, 11) is 0. The van der Waals surface area contributed by atoms with E-state index >= 15 is 0 Å². The molecule has 0 amide bonds.